The molecule has 3 rings (SSSR count). The van der Waals surface area contributed by atoms with Crippen LogP contribution in [0.4, 0.5) is 5.69 Å². The molecule has 0 radical (unpaired) electrons. The van der Waals surface area contributed by atoms with Gasteiger partial charge in [-0.1, -0.05) is 29.8 Å². The molecule has 0 aromatic heterocycles. The molecule has 3 aromatic rings. The van der Waals surface area contributed by atoms with Crippen LogP contribution in [0, 0.1) is 6.92 Å². The van der Waals surface area contributed by atoms with Crippen molar-refractivity contribution in [2.75, 3.05) is 11.3 Å². The van der Waals surface area contributed by atoms with Crippen LogP contribution in [0.1, 0.15) is 41.4 Å². The van der Waals surface area contributed by atoms with Gasteiger partial charge in [0.2, 0.25) is 0 Å². The van der Waals surface area contributed by atoms with E-state index in [1.165, 1.54) is 0 Å². The highest BCUT2D eigenvalue weighted by molar-refractivity contribution is 7.92. The van der Waals surface area contributed by atoms with Crippen LogP contribution >= 0.6 is 0 Å². The lowest BCUT2D eigenvalue weighted by molar-refractivity contribution is 0.0940. The Morgan fingerprint density at radius 1 is 0.935 bits per heavy atom. The van der Waals surface area contributed by atoms with Crippen molar-refractivity contribution in [3.63, 3.8) is 0 Å². The van der Waals surface area contributed by atoms with Gasteiger partial charge in [-0.05, 0) is 74.9 Å². The molecular formula is C24H26N2O4S. The highest BCUT2D eigenvalue weighted by Crippen LogP contribution is 2.20. The van der Waals surface area contributed by atoms with Gasteiger partial charge in [-0.3, -0.25) is 9.52 Å². The Bertz CT molecular complexity index is 1120. The molecule has 0 spiro atoms. The average Bonchev–Trinajstić information content (AvgIpc) is 2.75. The number of aryl methyl sites for hydroxylation is 1. The molecule has 1 amide bonds. The molecule has 0 aliphatic carbocycles. The molecule has 7 heteroatoms. The van der Waals surface area contributed by atoms with E-state index in [2.05, 4.69) is 10.0 Å². The van der Waals surface area contributed by atoms with Crippen LogP contribution in [0.5, 0.6) is 5.75 Å². The third-order valence-corrected chi connectivity index (χ3v) is 6.17. The van der Waals surface area contributed by atoms with Gasteiger partial charge in [0.15, 0.2) is 0 Å². The Kier molecular flexibility index (Phi) is 6.97. The maximum atomic E-state index is 12.6. The maximum absolute atomic E-state index is 12.6. The monoisotopic (exact) mass is 438 g/mol. The molecule has 0 fully saturated rings. The van der Waals surface area contributed by atoms with E-state index in [0.717, 1.165) is 16.9 Å². The molecule has 0 heterocycles. The summed E-state index contributed by atoms with van der Waals surface area (Å²) in [5.74, 6) is 0.544. The van der Waals surface area contributed by atoms with Gasteiger partial charge < -0.3 is 10.1 Å². The molecule has 3 aromatic carbocycles. The Balaban J connectivity index is 1.63. The number of anilines is 1. The summed E-state index contributed by atoms with van der Waals surface area (Å²) in [5, 5.41) is 2.94. The number of carbonyl (C=O) groups excluding carboxylic acids is 1. The van der Waals surface area contributed by atoms with Gasteiger partial charge in [0.25, 0.3) is 15.9 Å². The lowest BCUT2D eigenvalue weighted by atomic mass is 10.1. The van der Waals surface area contributed by atoms with Crippen molar-refractivity contribution in [2.45, 2.75) is 31.7 Å². The first kappa shape index (κ1) is 22.4. The summed E-state index contributed by atoms with van der Waals surface area (Å²) < 4.78 is 33.0. The number of sulfonamides is 1. The molecular weight excluding hydrogens is 412 g/mol. The minimum Gasteiger partial charge on any atom is -0.494 e. The number of carbonyl (C=O) groups is 1. The molecule has 0 aliphatic rings. The lowest BCUT2D eigenvalue weighted by Crippen LogP contribution is -2.26. The zero-order chi connectivity index (χ0) is 22.4. The minimum absolute atomic E-state index is 0.184. The molecule has 2 N–H and O–H groups in total. The van der Waals surface area contributed by atoms with E-state index in [1.807, 2.05) is 45.0 Å². The fourth-order valence-electron chi connectivity index (χ4n) is 3.00. The second kappa shape index (κ2) is 9.66. The predicted octanol–water partition coefficient (Wildman–Crippen LogP) is 4.69. The van der Waals surface area contributed by atoms with E-state index in [4.69, 9.17) is 4.74 Å². The number of nitrogens with one attached hydrogen (secondary N) is 2. The fourth-order valence-corrected chi connectivity index (χ4v) is 4.06. The summed E-state index contributed by atoms with van der Waals surface area (Å²) in [4.78, 5) is 12.8. The summed E-state index contributed by atoms with van der Waals surface area (Å²) >= 11 is 0. The third kappa shape index (κ3) is 5.86. The van der Waals surface area contributed by atoms with Crippen LogP contribution in [0.25, 0.3) is 0 Å². The van der Waals surface area contributed by atoms with Gasteiger partial charge in [0.05, 0.1) is 17.5 Å². The Morgan fingerprint density at radius 3 is 2.13 bits per heavy atom. The van der Waals surface area contributed by atoms with E-state index in [0.29, 0.717) is 17.9 Å². The number of benzene rings is 3. The predicted molar refractivity (Wildman–Crippen MR) is 122 cm³/mol. The standard InChI is InChI=1S/C24H26N2O4S/c1-4-30-22-13-9-19(10-14-22)18(3)25-24(27)20-7-11-21(12-8-20)26-31(28,29)23-15-5-17(2)6-16-23/h5-16,18,26H,4H2,1-3H3,(H,25,27)/t18-/m0/s1. The Morgan fingerprint density at radius 2 is 1.55 bits per heavy atom. The molecule has 0 unspecified atom stereocenters. The van der Waals surface area contributed by atoms with Crippen molar-refractivity contribution in [1.29, 1.82) is 0 Å². The van der Waals surface area contributed by atoms with Crippen molar-refractivity contribution < 1.29 is 17.9 Å². The molecule has 0 aliphatic heterocycles. The number of hydrogen-bond acceptors (Lipinski definition) is 4. The quantitative estimate of drug-likeness (QED) is 0.535. The first-order chi connectivity index (χ1) is 14.8. The highest BCUT2D eigenvalue weighted by Gasteiger charge is 2.15. The Labute approximate surface area is 183 Å². The zero-order valence-corrected chi connectivity index (χ0v) is 18.6. The van der Waals surface area contributed by atoms with Gasteiger partial charge >= 0.3 is 0 Å². The third-order valence-electron chi connectivity index (χ3n) is 4.77. The number of rotatable bonds is 8. The van der Waals surface area contributed by atoms with Crippen LogP contribution in [0.3, 0.4) is 0 Å². The summed E-state index contributed by atoms with van der Waals surface area (Å²) in [5.41, 5.74) is 2.76. The van der Waals surface area contributed by atoms with Crippen molar-refractivity contribution in [3.8, 4) is 5.75 Å². The molecule has 0 bridgehead atoms. The molecule has 0 saturated heterocycles. The summed E-state index contributed by atoms with van der Waals surface area (Å²) in [6.07, 6.45) is 0. The van der Waals surface area contributed by atoms with Crippen LogP contribution in [-0.4, -0.2) is 20.9 Å². The number of ether oxygens (including phenoxy) is 1. The topological polar surface area (TPSA) is 84.5 Å². The van der Waals surface area contributed by atoms with Gasteiger partial charge in [-0.15, -0.1) is 0 Å². The van der Waals surface area contributed by atoms with E-state index < -0.39 is 10.0 Å². The molecule has 1 atom stereocenters. The summed E-state index contributed by atoms with van der Waals surface area (Å²) in [6, 6.07) is 20.3. The SMILES string of the molecule is CCOc1ccc([C@H](C)NC(=O)c2ccc(NS(=O)(=O)c3ccc(C)cc3)cc2)cc1. The van der Waals surface area contributed by atoms with E-state index in [1.54, 1.807) is 48.5 Å². The van der Waals surface area contributed by atoms with Crippen LogP contribution < -0.4 is 14.8 Å². The summed E-state index contributed by atoms with van der Waals surface area (Å²) in [6.45, 7) is 6.32. The second-order valence-corrected chi connectivity index (χ2v) is 8.88. The normalized spacial score (nSPS) is 12.1. The van der Waals surface area contributed by atoms with Crippen LogP contribution in [0.15, 0.2) is 77.7 Å². The van der Waals surface area contributed by atoms with E-state index in [-0.39, 0.29) is 16.8 Å². The summed E-state index contributed by atoms with van der Waals surface area (Å²) in [7, 11) is -3.69. The Hall–Kier alpha value is -3.32. The van der Waals surface area contributed by atoms with Crippen molar-refractivity contribution in [1.82, 2.24) is 5.32 Å². The van der Waals surface area contributed by atoms with E-state index >= 15 is 0 Å². The van der Waals surface area contributed by atoms with Crippen LogP contribution in [-0.2, 0) is 10.0 Å². The zero-order valence-electron chi connectivity index (χ0n) is 17.8. The van der Waals surface area contributed by atoms with Gasteiger partial charge in [0, 0.05) is 11.3 Å². The van der Waals surface area contributed by atoms with Gasteiger partial charge in [-0.2, -0.15) is 0 Å². The van der Waals surface area contributed by atoms with Gasteiger partial charge in [0.1, 0.15) is 5.75 Å². The molecule has 31 heavy (non-hydrogen) atoms. The average molecular weight is 439 g/mol. The molecule has 6 nitrogen and oxygen atoms in total. The van der Waals surface area contributed by atoms with Crippen LogP contribution in [0.2, 0.25) is 0 Å². The highest BCUT2D eigenvalue weighted by atomic mass is 32.2. The van der Waals surface area contributed by atoms with E-state index in [9.17, 15) is 13.2 Å². The second-order valence-electron chi connectivity index (χ2n) is 7.19. The first-order valence-electron chi connectivity index (χ1n) is 10.0. The maximum Gasteiger partial charge on any atom is 0.261 e. The number of hydrogen-bond donors (Lipinski definition) is 2. The fraction of sp³-hybridized carbons (Fsp3) is 0.208. The van der Waals surface area contributed by atoms with Gasteiger partial charge in [-0.25, -0.2) is 8.42 Å². The smallest absolute Gasteiger partial charge is 0.261 e. The first-order valence-corrected chi connectivity index (χ1v) is 11.5. The van der Waals surface area contributed by atoms with Crippen molar-refractivity contribution in [3.05, 3.63) is 89.5 Å². The molecule has 162 valence electrons. The largest absolute Gasteiger partial charge is 0.494 e. The molecule has 0 saturated carbocycles. The minimum atomic E-state index is -3.69. The number of amides is 1. The van der Waals surface area contributed by atoms with Crippen molar-refractivity contribution in [2.24, 2.45) is 0 Å². The lowest BCUT2D eigenvalue weighted by Gasteiger charge is -2.15. The van der Waals surface area contributed by atoms with Crippen molar-refractivity contribution >= 4 is 21.6 Å².